The predicted octanol–water partition coefficient (Wildman–Crippen LogP) is 2.16. The first kappa shape index (κ1) is 8.95. The third kappa shape index (κ3) is 2.85. The highest BCUT2D eigenvalue weighted by molar-refractivity contribution is 7.09. The fraction of sp³-hybridized carbons (Fsp3) is 0.333. The first-order valence-corrected chi connectivity index (χ1v) is 4.62. The molecular weight excluding hydrogens is 170 g/mol. The van der Waals surface area contributed by atoms with Crippen molar-refractivity contribution in [3.05, 3.63) is 22.4 Å². The van der Waals surface area contributed by atoms with Crippen LogP contribution in [0.4, 0.5) is 0 Å². The van der Waals surface area contributed by atoms with Gasteiger partial charge in [-0.3, -0.25) is 4.79 Å². The Kier molecular flexibility index (Phi) is 3.49. The molecular formula is C9H9NOS. The summed E-state index contributed by atoms with van der Waals surface area (Å²) in [5.74, 6) is 0.0332. The van der Waals surface area contributed by atoms with Crippen molar-refractivity contribution in [3.63, 3.8) is 0 Å². The van der Waals surface area contributed by atoms with Crippen molar-refractivity contribution in [2.75, 3.05) is 0 Å². The Morgan fingerprint density at radius 1 is 1.67 bits per heavy atom. The molecule has 1 aromatic heterocycles. The quantitative estimate of drug-likeness (QED) is 0.710. The Bertz CT molecular complexity index is 284. The van der Waals surface area contributed by atoms with E-state index in [1.807, 2.05) is 23.6 Å². The average molecular weight is 179 g/mol. The lowest BCUT2D eigenvalue weighted by atomic mass is 10.1. The second kappa shape index (κ2) is 4.68. The van der Waals surface area contributed by atoms with Crippen LogP contribution in [0.15, 0.2) is 17.5 Å². The summed E-state index contributed by atoms with van der Waals surface area (Å²) in [6.07, 6.45) is 1.32. The van der Waals surface area contributed by atoms with Gasteiger partial charge in [-0.15, -0.1) is 11.3 Å². The summed E-state index contributed by atoms with van der Waals surface area (Å²) in [6.45, 7) is 0. The largest absolute Gasteiger partial charge is 0.299 e. The number of ketones is 1. The van der Waals surface area contributed by atoms with Crippen molar-refractivity contribution in [1.29, 1.82) is 5.26 Å². The highest BCUT2D eigenvalue weighted by Crippen LogP contribution is 2.11. The van der Waals surface area contributed by atoms with E-state index in [9.17, 15) is 4.79 Å². The Morgan fingerprint density at radius 3 is 3.08 bits per heavy atom. The number of carbonyl (C=O) groups is 1. The lowest BCUT2D eigenvalue weighted by Gasteiger charge is -1.92. The first-order valence-electron chi connectivity index (χ1n) is 3.74. The zero-order valence-electron chi connectivity index (χ0n) is 6.62. The normalized spacial score (nSPS) is 9.25. The van der Waals surface area contributed by atoms with Crippen LogP contribution in [0.3, 0.4) is 0 Å². The third-order valence-electron chi connectivity index (χ3n) is 1.51. The fourth-order valence-corrected chi connectivity index (χ4v) is 1.60. The summed E-state index contributed by atoms with van der Waals surface area (Å²) in [5.41, 5.74) is 0. The number of aryl methyl sites for hydroxylation is 1. The number of hydrogen-bond donors (Lipinski definition) is 0. The molecule has 0 bridgehead atoms. The Morgan fingerprint density at radius 2 is 2.50 bits per heavy atom. The SMILES string of the molecule is N#CCC(=O)CCc1cccs1. The van der Waals surface area contributed by atoms with Gasteiger partial charge in [0.15, 0.2) is 0 Å². The van der Waals surface area contributed by atoms with Crippen LogP contribution in [-0.2, 0) is 11.2 Å². The van der Waals surface area contributed by atoms with Crippen LogP contribution in [0.25, 0.3) is 0 Å². The van der Waals surface area contributed by atoms with E-state index in [0.29, 0.717) is 6.42 Å². The molecule has 0 aliphatic carbocycles. The van der Waals surface area contributed by atoms with Crippen molar-refractivity contribution < 1.29 is 4.79 Å². The fourth-order valence-electron chi connectivity index (χ4n) is 0.894. The molecule has 0 saturated carbocycles. The van der Waals surface area contributed by atoms with Gasteiger partial charge in [-0.2, -0.15) is 5.26 Å². The lowest BCUT2D eigenvalue weighted by molar-refractivity contribution is -0.118. The molecule has 0 atom stereocenters. The van der Waals surface area contributed by atoms with Gasteiger partial charge in [0.2, 0.25) is 0 Å². The molecule has 2 nitrogen and oxygen atoms in total. The number of rotatable bonds is 4. The van der Waals surface area contributed by atoms with Crippen molar-refractivity contribution >= 4 is 17.1 Å². The van der Waals surface area contributed by atoms with Crippen LogP contribution in [0.5, 0.6) is 0 Å². The van der Waals surface area contributed by atoms with Gasteiger partial charge in [-0.05, 0) is 17.9 Å². The molecule has 1 aromatic rings. The molecule has 0 saturated heterocycles. The van der Waals surface area contributed by atoms with Crippen LogP contribution in [0.1, 0.15) is 17.7 Å². The van der Waals surface area contributed by atoms with E-state index in [1.54, 1.807) is 11.3 Å². The van der Waals surface area contributed by atoms with E-state index >= 15 is 0 Å². The minimum Gasteiger partial charge on any atom is -0.299 e. The smallest absolute Gasteiger partial charge is 0.147 e. The number of thiophene rings is 1. The Balaban J connectivity index is 2.28. The Labute approximate surface area is 75.5 Å². The maximum absolute atomic E-state index is 10.9. The number of nitrogens with zero attached hydrogens (tertiary/aromatic N) is 1. The number of hydrogen-bond acceptors (Lipinski definition) is 3. The van der Waals surface area contributed by atoms with E-state index in [2.05, 4.69) is 0 Å². The van der Waals surface area contributed by atoms with Crippen molar-refractivity contribution in [2.24, 2.45) is 0 Å². The standard InChI is InChI=1S/C9H9NOS/c10-6-5-8(11)3-4-9-2-1-7-12-9/h1-2,7H,3-5H2. The summed E-state index contributed by atoms with van der Waals surface area (Å²) in [5, 5.41) is 10.2. The van der Waals surface area contributed by atoms with Crippen molar-refractivity contribution in [2.45, 2.75) is 19.3 Å². The van der Waals surface area contributed by atoms with E-state index in [-0.39, 0.29) is 12.2 Å². The van der Waals surface area contributed by atoms with Gasteiger partial charge >= 0.3 is 0 Å². The summed E-state index contributed by atoms with van der Waals surface area (Å²) in [7, 11) is 0. The molecule has 62 valence electrons. The molecule has 0 fully saturated rings. The molecule has 12 heavy (non-hydrogen) atoms. The molecule has 1 heterocycles. The topological polar surface area (TPSA) is 40.9 Å². The minimum absolute atomic E-state index is 0.0332. The second-order valence-corrected chi connectivity index (χ2v) is 3.49. The lowest BCUT2D eigenvalue weighted by Crippen LogP contribution is -1.97. The van der Waals surface area contributed by atoms with E-state index < -0.39 is 0 Å². The first-order chi connectivity index (χ1) is 5.83. The molecule has 0 aliphatic rings. The van der Waals surface area contributed by atoms with E-state index in [4.69, 9.17) is 5.26 Å². The van der Waals surface area contributed by atoms with Gasteiger partial charge in [0.05, 0.1) is 12.5 Å². The summed E-state index contributed by atoms with van der Waals surface area (Å²) in [6, 6.07) is 5.82. The number of nitriles is 1. The second-order valence-electron chi connectivity index (χ2n) is 2.45. The minimum atomic E-state index is 0.0332. The maximum atomic E-state index is 10.9. The maximum Gasteiger partial charge on any atom is 0.147 e. The van der Waals surface area contributed by atoms with Gasteiger partial charge in [-0.1, -0.05) is 6.07 Å². The van der Waals surface area contributed by atoms with Crippen molar-refractivity contribution in [3.8, 4) is 6.07 Å². The van der Waals surface area contributed by atoms with Gasteiger partial charge in [0, 0.05) is 11.3 Å². The molecule has 0 amide bonds. The van der Waals surface area contributed by atoms with Gasteiger partial charge in [0.25, 0.3) is 0 Å². The molecule has 0 spiro atoms. The van der Waals surface area contributed by atoms with E-state index in [0.717, 1.165) is 6.42 Å². The van der Waals surface area contributed by atoms with Crippen LogP contribution in [0, 0.1) is 11.3 Å². The van der Waals surface area contributed by atoms with Crippen LogP contribution < -0.4 is 0 Å². The molecule has 0 aromatic carbocycles. The molecule has 0 radical (unpaired) electrons. The molecule has 3 heteroatoms. The molecule has 0 aliphatic heterocycles. The Hall–Kier alpha value is -1.14. The molecule has 0 unspecified atom stereocenters. The highest BCUT2D eigenvalue weighted by Gasteiger charge is 2.01. The summed E-state index contributed by atoms with van der Waals surface area (Å²) < 4.78 is 0. The molecule has 0 N–H and O–H groups in total. The zero-order valence-corrected chi connectivity index (χ0v) is 7.43. The van der Waals surface area contributed by atoms with Crippen LogP contribution >= 0.6 is 11.3 Å². The van der Waals surface area contributed by atoms with Gasteiger partial charge in [-0.25, -0.2) is 0 Å². The monoisotopic (exact) mass is 179 g/mol. The molecule has 1 rings (SSSR count). The summed E-state index contributed by atoms with van der Waals surface area (Å²) in [4.78, 5) is 12.1. The number of carbonyl (C=O) groups excluding carboxylic acids is 1. The van der Waals surface area contributed by atoms with E-state index in [1.165, 1.54) is 4.88 Å². The summed E-state index contributed by atoms with van der Waals surface area (Å²) >= 11 is 1.65. The zero-order chi connectivity index (χ0) is 8.81. The van der Waals surface area contributed by atoms with Gasteiger partial charge in [0.1, 0.15) is 5.78 Å². The highest BCUT2D eigenvalue weighted by atomic mass is 32.1. The third-order valence-corrected chi connectivity index (χ3v) is 2.44. The average Bonchev–Trinajstić information content (AvgIpc) is 2.53. The van der Waals surface area contributed by atoms with Gasteiger partial charge < -0.3 is 0 Å². The van der Waals surface area contributed by atoms with Crippen LogP contribution in [-0.4, -0.2) is 5.78 Å². The number of Topliss-reactive ketones (excluding diaryl/α,β-unsaturated/α-hetero) is 1. The van der Waals surface area contributed by atoms with Crippen molar-refractivity contribution in [1.82, 2.24) is 0 Å². The van der Waals surface area contributed by atoms with Crippen LogP contribution in [0.2, 0.25) is 0 Å². The predicted molar refractivity (Wildman–Crippen MR) is 47.9 cm³/mol.